The summed E-state index contributed by atoms with van der Waals surface area (Å²) in [7, 11) is -4.07. The van der Waals surface area contributed by atoms with E-state index in [9.17, 15) is 18.3 Å². The number of rotatable bonds is 4. The molecule has 0 spiro atoms. The van der Waals surface area contributed by atoms with Gasteiger partial charge in [-0.3, -0.25) is 19.5 Å². The van der Waals surface area contributed by atoms with Gasteiger partial charge in [-0.2, -0.15) is 0 Å². The number of amides is 1. The van der Waals surface area contributed by atoms with Gasteiger partial charge in [-0.1, -0.05) is 6.07 Å². The third kappa shape index (κ3) is 4.25. The minimum atomic E-state index is -4.07. The van der Waals surface area contributed by atoms with Crippen molar-refractivity contribution in [3.05, 3.63) is 57.9 Å². The second-order valence-electron chi connectivity index (χ2n) is 7.00. The van der Waals surface area contributed by atoms with E-state index in [-0.39, 0.29) is 16.4 Å². The summed E-state index contributed by atoms with van der Waals surface area (Å²) in [4.78, 5) is 23.0. The van der Waals surface area contributed by atoms with Crippen LogP contribution in [-0.2, 0) is 10.0 Å². The van der Waals surface area contributed by atoms with E-state index in [2.05, 4.69) is 14.7 Å². The predicted octanol–water partition coefficient (Wildman–Crippen LogP) is 2.63. The van der Waals surface area contributed by atoms with Gasteiger partial charge in [0.1, 0.15) is 10.4 Å². The van der Waals surface area contributed by atoms with E-state index in [4.69, 9.17) is 0 Å². The van der Waals surface area contributed by atoms with Crippen LogP contribution in [0.4, 0.5) is 5.69 Å². The first-order valence-electron chi connectivity index (χ1n) is 9.34. The van der Waals surface area contributed by atoms with Gasteiger partial charge in [-0.05, 0) is 65.8 Å². The Kier molecular flexibility index (Phi) is 5.89. The lowest BCUT2D eigenvalue weighted by molar-refractivity contribution is 0.0543. The topological polar surface area (TPSA) is 112 Å². The van der Waals surface area contributed by atoms with E-state index in [0.29, 0.717) is 46.2 Å². The molecule has 0 atom stereocenters. The minimum absolute atomic E-state index is 0.0913. The fourth-order valence-electron chi connectivity index (χ4n) is 3.41. The van der Waals surface area contributed by atoms with Crippen molar-refractivity contribution < 1.29 is 18.3 Å². The molecule has 1 aliphatic heterocycles. The zero-order valence-corrected chi connectivity index (χ0v) is 18.8. The van der Waals surface area contributed by atoms with Gasteiger partial charge >= 0.3 is 0 Å². The second kappa shape index (κ2) is 8.44. The monoisotopic (exact) mass is 538 g/mol. The molecular weight excluding hydrogens is 519 g/mol. The molecule has 0 aliphatic carbocycles. The largest absolute Gasteiger partial charge is 0.393 e. The third-order valence-corrected chi connectivity index (χ3v) is 7.03. The SMILES string of the molecule is O=C(c1ccc(I)cc1S(=O)(=O)Nc1cccc2nccnc12)N1CCC(O)CC1. The number of piperidine rings is 1. The summed E-state index contributed by atoms with van der Waals surface area (Å²) in [6.07, 6.45) is 3.55. The van der Waals surface area contributed by atoms with Gasteiger partial charge < -0.3 is 10.0 Å². The van der Waals surface area contributed by atoms with Crippen LogP contribution in [-0.4, -0.2) is 53.5 Å². The standard InChI is InChI=1S/C20H19IN4O4S/c21-13-4-5-15(20(27)25-10-6-14(26)7-11-25)18(12-13)30(28,29)24-17-3-1-2-16-19(17)23-9-8-22-16/h1-5,8-9,12,14,24,26H,6-7,10-11H2. The highest BCUT2D eigenvalue weighted by Crippen LogP contribution is 2.27. The number of fused-ring (bicyclic) bond motifs is 1. The van der Waals surface area contributed by atoms with Crippen molar-refractivity contribution in [3.63, 3.8) is 0 Å². The summed E-state index contributed by atoms with van der Waals surface area (Å²) in [5.41, 5.74) is 1.38. The molecule has 0 unspecified atom stereocenters. The van der Waals surface area contributed by atoms with Crippen LogP contribution in [0.15, 0.2) is 53.7 Å². The number of aliphatic hydroxyl groups is 1. The highest BCUT2D eigenvalue weighted by molar-refractivity contribution is 14.1. The van der Waals surface area contributed by atoms with E-state index in [0.717, 1.165) is 0 Å². The molecule has 30 heavy (non-hydrogen) atoms. The van der Waals surface area contributed by atoms with Crippen LogP contribution in [0, 0.1) is 3.57 Å². The zero-order chi connectivity index (χ0) is 21.3. The Hall–Kier alpha value is -2.31. The lowest BCUT2D eigenvalue weighted by Crippen LogP contribution is -2.40. The van der Waals surface area contributed by atoms with Crippen LogP contribution < -0.4 is 4.72 Å². The first-order chi connectivity index (χ1) is 14.3. The van der Waals surface area contributed by atoms with Gasteiger partial charge in [0, 0.05) is 29.1 Å². The molecule has 0 radical (unpaired) electrons. The fraction of sp³-hybridized carbons (Fsp3) is 0.250. The molecule has 4 rings (SSSR count). The molecule has 2 aromatic carbocycles. The number of likely N-dealkylation sites (tertiary alicyclic amines) is 1. The molecule has 8 nitrogen and oxygen atoms in total. The number of nitrogens with one attached hydrogen (secondary N) is 1. The molecule has 1 amide bonds. The number of sulfonamides is 1. The molecule has 10 heteroatoms. The fourth-order valence-corrected chi connectivity index (χ4v) is 5.40. The summed E-state index contributed by atoms with van der Waals surface area (Å²) >= 11 is 2.02. The van der Waals surface area contributed by atoms with E-state index < -0.39 is 16.1 Å². The van der Waals surface area contributed by atoms with Crippen LogP contribution in [0.1, 0.15) is 23.2 Å². The first kappa shape index (κ1) is 20.9. The maximum Gasteiger partial charge on any atom is 0.262 e. The lowest BCUT2D eigenvalue weighted by Gasteiger charge is -2.30. The van der Waals surface area contributed by atoms with Crippen molar-refractivity contribution in [2.45, 2.75) is 23.8 Å². The Morgan fingerprint density at radius 2 is 1.87 bits per heavy atom. The van der Waals surface area contributed by atoms with E-state index in [1.165, 1.54) is 24.5 Å². The van der Waals surface area contributed by atoms with Gasteiger partial charge in [0.2, 0.25) is 0 Å². The van der Waals surface area contributed by atoms with Crippen molar-refractivity contribution in [2.24, 2.45) is 0 Å². The van der Waals surface area contributed by atoms with E-state index in [1.54, 1.807) is 29.2 Å². The van der Waals surface area contributed by atoms with Crippen LogP contribution in [0.25, 0.3) is 11.0 Å². The Labute approximate surface area is 187 Å². The van der Waals surface area contributed by atoms with E-state index in [1.807, 2.05) is 22.6 Å². The molecule has 1 saturated heterocycles. The number of carbonyl (C=O) groups is 1. The van der Waals surface area contributed by atoms with Gasteiger partial charge in [0.25, 0.3) is 15.9 Å². The Balaban J connectivity index is 1.72. The number of hydrogen-bond donors (Lipinski definition) is 2. The highest BCUT2D eigenvalue weighted by atomic mass is 127. The Morgan fingerprint density at radius 3 is 2.63 bits per heavy atom. The third-order valence-electron chi connectivity index (χ3n) is 4.96. The van der Waals surface area contributed by atoms with Crippen molar-refractivity contribution in [1.29, 1.82) is 0 Å². The Bertz CT molecular complexity index is 1210. The first-order valence-corrected chi connectivity index (χ1v) is 11.9. The number of halogens is 1. The Morgan fingerprint density at radius 1 is 1.13 bits per heavy atom. The maximum absolute atomic E-state index is 13.3. The molecular formula is C20H19IN4O4S. The number of anilines is 1. The molecule has 1 aromatic heterocycles. The van der Waals surface area contributed by atoms with Crippen molar-refractivity contribution in [2.75, 3.05) is 17.8 Å². The molecule has 2 N–H and O–H groups in total. The number of para-hydroxylation sites is 1. The molecule has 156 valence electrons. The maximum atomic E-state index is 13.3. The smallest absolute Gasteiger partial charge is 0.262 e. The molecule has 3 aromatic rings. The van der Waals surface area contributed by atoms with Gasteiger partial charge in [-0.15, -0.1) is 0 Å². The van der Waals surface area contributed by atoms with Crippen molar-refractivity contribution >= 4 is 55.2 Å². The van der Waals surface area contributed by atoms with Gasteiger partial charge in [0.05, 0.1) is 22.9 Å². The second-order valence-corrected chi connectivity index (χ2v) is 9.90. The van der Waals surface area contributed by atoms with Crippen LogP contribution in [0.2, 0.25) is 0 Å². The van der Waals surface area contributed by atoms with Crippen molar-refractivity contribution in [1.82, 2.24) is 14.9 Å². The average molecular weight is 538 g/mol. The number of nitrogens with zero attached hydrogens (tertiary/aromatic N) is 3. The summed E-state index contributed by atoms with van der Waals surface area (Å²) in [6, 6.07) is 9.75. The number of carbonyl (C=O) groups excluding carboxylic acids is 1. The summed E-state index contributed by atoms with van der Waals surface area (Å²) in [6.45, 7) is 0.773. The summed E-state index contributed by atoms with van der Waals surface area (Å²) in [5.74, 6) is -0.364. The van der Waals surface area contributed by atoms with Crippen molar-refractivity contribution in [3.8, 4) is 0 Å². The van der Waals surface area contributed by atoms with E-state index >= 15 is 0 Å². The number of benzene rings is 2. The quantitative estimate of drug-likeness (QED) is 0.494. The number of aromatic nitrogens is 2. The van der Waals surface area contributed by atoms with Gasteiger partial charge in [0.15, 0.2) is 0 Å². The highest BCUT2D eigenvalue weighted by Gasteiger charge is 2.28. The minimum Gasteiger partial charge on any atom is -0.393 e. The van der Waals surface area contributed by atoms with Crippen LogP contribution in [0.5, 0.6) is 0 Å². The van der Waals surface area contributed by atoms with Crippen LogP contribution in [0.3, 0.4) is 0 Å². The summed E-state index contributed by atoms with van der Waals surface area (Å²) in [5, 5.41) is 9.69. The number of hydrogen-bond acceptors (Lipinski definition) is 6. The molecule has 2 heterocycles. The molecule has 0 saturated carbocycles. The summed E-state index contributed by atoms with van der Waals surface area (Å²) < 4.78 is 29.8. The molecule has 1 aliphatic rings. The lowest BCUT2D eigenvalue weighted by atomic mass is 10.1. The predicted molar refractivity (Wildman–Crippen MR) is 121 cm³/mol. The average Bonchev–Trinajstić information content (AvgIpc) is 2.74. The zero-order valence-electron chi connectivity index (χ0n) is 15.8. The van der Waals surface area contributed by atoms with Crippen LogP contribution >= 0.6 is 22.6 Å². The van der Waals surface area contributed by atoms with Gasteiger partial charge in [-0.25, -0.2) is 8.42 Å². The molecule has 0 bridgehead atoms. The molecule has 1 fully saturated rings. The normalized spacial score (nSPS) is 15.3. The number of aliphatic hydroxyl groups excluding tert-OH is 1.